The minimum atomic E-state index is -0.194. The molecule has 24 heavy (non-hydrogen) atoms. The lowest BCUT2D eigenvalue weighted by Gasteiger charge is -2.36. The van der Waals surface area contributed by atoms with E-state index in [-0.39, 0.29) is 5.82 Å². The lowest BCUT2D eigenvalue weighted by molar-refractivity contribution is 0.624. The van der Waals surface area contributed by atoms with Crippen LogP contribution in [-0.2, 0) is 0 Å². The van der Waals surface area contributed by atoms with Gasteiger partial charge in [0.1, 0.15) is 5.82 Å². The van der Waals surface area contributed by atoms with Crippen LogP contribution in [0, 0.1) is 12.7 Å². The average Bonchev–Trinajstić information content (AvgIpc) is 3.04. The highest BCUT2D eigenvalue weighted by molar-refractivity contribution is 7.22. The molecule has 2 heterocycles. The summed E-state index contributed by atoms with van der Waals surface area (Å²) in [4.78, 5) is 9.40. The van der Waals surface area contributed by atoms with Crippen LogP contribution in [0.4, 0.5) is 15.2 Å². The number of fused-ring (bicyclic) bond motifs is 1. The van der Waals surface area contributed by atoms with Crippen LogP contribution in [0.1, 0.15) is 5.56 Å². The van der Waals surface area contributed by atoms with Gasteiger partial charge in [-0.3, -0.25) is 0 Å². The van der Waals surface area contributed by atoms with Crippen molar-refractivity contribution in [3.8, 4) is 0 Å². The highest BCUT2D eigenvalue weighted by Gasteiger charge is 2.20. The van der Waals surface area contributed by atoms with Gasteiger partial charge in [0.2, 0.25) is 0 Å². The minimum absolute atomic E-state index is 0.194. The second-order valence-electron chi connectivity index (χ2n) is 5.97. The van der Waals surface area contributed by atoms with Crippen molar-refractivity contribution in [2.45, 2.75) is 6.92 Å². The molecule has 3 aromatic rings. The third-order valence-corrected chi connectivity index (χ3v) is 5.97. The monoisotopic (exact) mass is 361 g/mol. The predicted octanol–water partition coefficient (Wildman–Crippen LogP) is 4.72. The van der Waals surface area contributed by atoms with Gasteiger partial charge in [-0.25, -0.2) is 9.37 Å². The Kier molecular flexibility index (Phi) is 4.06. The maximum Gasteiger partial charge on any atom is 0.186 e. The first-order valence-electron chi connectivity index (χ1n) is 7.93. The molecule has 2 aromatic carbocycles. The summed E-state index contributed by atoms with van der Waals surface area (Å²) in [5.74, 6) is -0.194. The van der Waals surface area contributed by atoms with Gasteiger partial charge in [-0.05, 0) is 48.9 Å². The molecule has 3 nitrogen and oxygen atoms in total. The molecule has 0 amide bonds. The molecule has 0 atom stereocenters. The van der Waals surface area contributed by atoms with Crippen LogP contribution >= 0.6 is 22.9 Å². The van der Waals surface area contributed by atoms with Crippen molar-refractivity contribution in [2.75, 3.05) is 36.0 Å². The number of hydrogen-bond donors (Lipinski definition) is 0. The predicted molar refractivity (Wildman–Crippen MR) is 100 cm³/mol. The Hall–Kier alpha value is -1.85. The van der Waals surface area contributed by atoms with Crippen molar-refractivity contribution >= 4 is 44.0 Å². The topological polar surface area (TPSA) is 19.4 Å². The Morgan fingerprint density at radius 2 is 1.67 bits per heavy atom. The highest BCUT2D eigenvalue weighted by atomic mass is 35.5. The molecule has 0 N–H and O–H groups in total. The Balaban J connectivity index is 1.51. The van der Waals surface area contributed by atoms with E-state index >= 15 is 0 Å². The van der Waals surface area contributed by atoms with Gasteiger partial charge >= 0.3 is 0 Å². The average molecular weight is 362 g/mol. The molecule has 6 heteroatoms. The van der Waals surface area contributed by atoms with E-state index < -0.39 is 0 Å². The molecular formula is C18H17ClFN3S. The van der Waals surface area contributed by atoms with E-state index in [1.807, 2.05) is 31.2 Å². The molecular weight excluding hydrogens is 345 g/mol. The largest absolute Gasteiger partial charge is 0.368 e. The Morgan fingerprint density at radius 1 is 1.00 bits per heavy atom. The Labute approximate surface area is 149 Å². The summed E-state index contributed by atoms with van der Waals surface area (Å²) in [6.45, 7) is 5.64. The molecule has 0 bridgehead atoms. The fourth-order valence-electron chi connectivity index (χ4n) is 3.03. The SMILES string of the molecule is Cc1c(Cl)ccc2sc(N3CCN(c4ccc(F)cc4)CC3)nc12. The normalized spacial score (nSPS) is 15.3. The third-order valence-electron chi connectivity index (χ3n) is 4.48. The van der Waals surface area contributed by atoms with Gasteiger partial charge in [0.05, 0.1) is 10.2 Å². The zero-order valence-electron chi connectivity index (χ0n) is 13.3. The first-order valence-corrected chi connectivity index (χ1v) is 9.12. The second-order valence-corrected chi connectivity index (χ2v) is 7.38. The molecule has 1 saturated heterocycles. The van der Waals surface area contributed by atoms with Gasteiger partial charge in [-0.15, -0.1) is 0 Å². The summed E-state index contributed by atoms with van der Waals surface area (Å²) in [6, 6.07) is 10.7. The van der Waals surface area contributed by atoms with E-state index in [9.17, 15) is 4.39 Å². The molecule has 124 valence electrons. The van der Waals surface area contributed by atoms with E-state index in [0.29, 0.717) is 0 Å². The molecule has 1 aliphatic heterocycles. The summed E-state index contributed by atoms with van der Waals surface area (Å²) >= 11 is 7.91. The first-order chi connectivity index (χ1) is 11.6. The standard InChI is InChI=1S/C18H17ClFN3S/c1-12-15(19)6-7-16-17(12)21-18(24-16)23-10-8-22(9-11-23)14-4-2-13(20)3-5-14/h2-7H,8-11H2,1H3. The Morgan fingerprint density at radius 3 is 2.38 bits per heavy atom. The summed E-state index contributed by atoms with van der Waals surface area (Å²) < 4.78 is 14.2. The van der Waals surface area contributed by atoms with Gasteiger partial charge in [0.15, 0.2) is 5.13 Å². The van der Waals surface area contributed by atoms with Crippen LogP contribution in [0.2, 0.25) is 5.02 Å². The van der Waals surface area contributed by atoms with Gasteiger partial charge < -0.3 is 9.80 Å². The molecule has 0 saturated carbocycles. The number of nitrogens with zero attached hydrogens (tertiary/aromatic N) is 3. The number of piperazine rings is 1. The fraction of sp³-hybridized carbons (Fsp3) is 0.278. The maximum atomic E-state index is 13.1. The number of anilines is 2. The number of hydrogen-bond acceptors (Lipinski definition) is 4. The van der Waals surface area contributed by atoms with Crippen LogP contribution in [0.25, 0.3) is 10.2 Å². The first kappa shape index (κ1) is 15.7. The summed E-state index contributed by atoms with van der Waals surface area (Å²) in [5, 5.41) is 1.81. The molecule has 1 aliphatic rings. The van der Waals surface area contributed by atoms with Crippen molar-refractivity contribution in [3.63, 3.8) is 0 Å². The van der Waals surface area contributed by atoms with Gasteiger partial charge in [0.25, 0.3) is 0 Å². The van der Waals surface area contributed by atoms with E-state index in [1.54, 1.807) is 11.3 Å². The highest BCUT2D eigenvalue weighted by Crippen LogP contribution is 2.34. The number of thiazole rings is 1. The Bertz CT molecular complexity index is 870. The van der Waals surface area contributed by atoms with Crippen molar-refractivity contribution in [3.05, 3.63) is 52.8 Å². The minimum Gasteiger partial charge on any atom is -0.368 e. The molecule has 4 rings (SSSR count). The van der Waals surface area contributed by atoms with Crippen molar-refractivity contribution in [1.29, 1.82) is 0 Å². The molecule has 1 aromatic heterocycles. The summed E-state index contributed by atoms with van der Waals surface area (Å²) in [6.07, 6.45) is 0. The van der Waals surface area contributed by atoms with Gasteiger partial charge in [-0.1, -0.05) is 22.9 Å². The van der Waals surface area contributed by atoms with Crippen LogP contribution < -0.4 is 9.80 Å². The zero-order chi connectivity index (χ0) is 16.7. The third kappa shape index (κ3) is 2.82. The van der Waals surface area contributed by atoms with E-state index in [1.165, 1.54) is 16.8 Å². The number of aromatic nitrogens is 1. The van der Waals surface area contributed by atoms with Crippen LogP contribution in [0.3, 0.4) is 0 Å². The summed E-state index contributed by atoms with van der Waals surface area (Å²) in [5.41, 5.74) is 3.12. The quantitative estimate of drug-likeness (QED) is 0.658. The van der Waals surface area contributed by atoms with Crippen LogP contribution in [0.15, 0.2) is 36.4 Å². The van der Waals surface area contributed by atoms with Crippen LogP contribution in [-0.4, -0.2) is 31.2 Å². The van der Waals surface area contributed by atoms with Crippen molar-refractivity contribution in [1.82, 2.24) is 4.98 Å². The number of halogens is 2. The van der Waals surface area contributed by atoms with Gasteiger partial charge in [0, 0.05) is 36.9 Å². The summed E-state index contributed by atoms with van der Waals surface area (Å²) in [7, 11) is 0. The van der Waals surface area contributed by atoms with Crippen molar-refractivity contribution < 1.29 is 4.39 Å². The smallest absolute Gasteiger partial charge is 0.186 e. The van der Waals surface area contributed by atoms with Gasteiger partial charge in [-0.2, -0.15) is 0 Å². The van der Waals surface area contributed by atoms with Crippen LogP contribution in [0.5, 0.6) is 0 Å². The van der Waals surface area contributed by atoms with E-state index in [4.69, 9.17) is 16.6 Å². The lowest BCUT2D eigenvalue weighted by Crippen LogP contribution is -2.46. The molecule has 1 fully saturated rings. The zero-order valence-corrected chi connectivity index (χ0v) is 14.9. The number of rotatable bonds is 2. The molecule has 0 spiro atoms. The molecule has 0 aliphatic carbocycles. The number of aryl methyl sites for hydroxylation is 1. The number of benzene rings is 2. The molecule has 0 unspecified atom stereocenters. The lowest BCUT2D eigenvalue weighted by atomic mass is 10.2. The van der Waals surface area contributed by atoms with Crippen molar-refractivity contribution in [2.24, 2.45) is 0 Å². The fourth-order valence-corrected chi connectivity index (χ4v) is 4.26. The van der Waals surface area contributed by atoms with E-state index in [0.717, 1.165) is 53.1 Å². The van der Waals surface area contributed by atoms with E-state index in [2.05, 4.69) is 9.80 Å². The maximum absolute atomic E-state index is 13.1. The molecule has 0 radical (unpaired) electrons. The second kappa shape index (κ2) is 6.22.